The van der Waals surface area contributed by atoms with Crippen molar-refractivity contribution in [3.8, 4) is 0 Å². The van der Waals surface area contributed by atoms with Crippen LogP contribution in [-0.4, -0.2) is 74.1 Å². The minimum atomic E-state index is -4.32. The van der Waals surface area contributed by atoms with Gasteiger partial charge in [-0.2, -0.15) is 4.72 Å². The van der Waals surface area contributed by atoms with Gasteiger partial charge in [0.05, 0.1) is 16.4 Å². The van der Waals surface area contributed by atoms with Crippen molar-refractivity contribution in [2.45, 2.75) is 29.8 Å². The van der Waals surface area contributed by atoms with Crippen LogP contribution in [0.3, 0.4) is 0 Å². The number of carboxylic acid groups (broad SMARTS) is 1. The molecule has 0 aromatic heterocycles. The van der Waals surface area contributed by atoms with E-state index in [-0.39, 0.29) is 29.3 Å². The number of allylic oxidation sites excluding steroid dienone is 3. The molecule has 0 saturated carbocycles. The largest absolute Gasteiger partial charge is 0.480 e. The lowest BCUT2D eigenvalue weighted by atomic mass is 9.71. The molecule has 3 atom stereocenters. The zero-order chi connectivity index (χ0) is 25.8. The van der Waals surface area contributed by atoms with E-state index in [1.807, 2.05) is 0 Å². The number of carboxylic acids is 1. The van der Waals surface area contributed by atoms with Gasteiger partial charge in [0.25, 0.3) is 0 Å². The Labute approximate surface area is 206 Å². The summed E-state index contributed by atoms with van der Waals surface area (Å²) >= 11 is 1.51. The third-order valence-corrected chi connectivity index (χ3v) is 8.04. The summed E-state index contributed by atoms with van der Waals surface area (Å²) in [5.74, 6) is -1.18. The van der Waals surface area contributed by atoms with Gasteiger partial charge in [-0.3, -0.25) is 14.9 Å². The number of benzene rings is 1. The van der Waals surface area contributed by atoms with E-state index in [2.05, 4.69) is 10.0 Å². The Balaban J connectivity index is 1.88. The molecule has 3 N–H and O–H groups in total. The highest BCUT2D eigenvalue weighted by molar-refractivity contribution is 7.99. The van der Waals surface area contributed by atoms with Gasteiger partial charge in [-0.1, -0.05) is 6.08 Å². The van der Waals surface area contributed by atoms with E-state index < -0.39 is 45.4 Å². The second-order valence-corrected chi connectivity index (χ2v) is 11.1. The fourth-order valence-electron chi connectivity index (χ4n) is 3.69. The van der Waals surface area contributed by atoms with Crippen LogP contribution in [0.1, 0.15) is 12.8 Å². The molecular formula is C22H26FN3O7S2. The summed E-state index contributed by atoms with van der Waals surface area (Å²) in [5.41, 5.74) is -1.37. The van der Waals surface area contributed by atoms with Crippen molar-refractivity contribution >= 4 is 39.6 Å². The van der Waals surface area contributed by atoms with E-state index in [0.717, 1.165) is 24.3 Å². The number of carbonyl (C=O) groups is 3. The van der Waals surface area contributed by atoms with Gasteiger partial charge in [-0.25, -0.2) is 17.6 Å². The third-order valence-electron chi connectivity index (χ3n) is 5.62. The van der Waals surface area contributed by atoms with Crippen molar-refractivity contribution in [1.29, 1.82) is 0 Å². The number of halogens is 1. The Kier molecular flexibility index (Phi) is 8.36. The fraction of sp³-hybridized carbons (Fsp3) is 0.409. The van der Waals surface area contributed by atoms with Crippen molar-refractivity contribution in [3.63, 3.8) is 0 Å². The Morgan fingerprint density at radius 1 is 1.31 bits per heavy atom. The van der Waals surface area contributed by atoms with Gasteiger partial charge in [0.15, 0.2) is 5.78 Å². The Bertz CT molecular complexity index is 1150. The number of carbonyl (C=O) groups excluding carboxylic acids is 2. The van der Waals surface area contributed by atoms with E-state index in [9.17, 15) is 32.3 Å². The SMILES string of the molecule is CN(C)C(=O)OC1=CCC(C[C@H](NS(=O)(=O)c2ccc(F)cc2)C(=O)O)(C(=O)[C@@H]2CSCN2)C=C1. The number of nitrogens with one attached hydrogen (secondary N) is 2. The van der Waals surface area contributed by atoms with E-state index in [1.54, 1.807) is 0 Å². The number of hydrogen-bond acceptors (Lipinski definition) is 8. The van der Waals surface area contributed by atoms with Gasteiger partial charge in [-0.05, 0) is 49.3 Å². The van der Waals surface area contributed by atoms with Crippen LogP contribution in [0.15, 0.2) is 53.1 Å². The number of amides is 1. The molecule has 0 bridgehead atoms. The number of Topliss-reactive ketones (excluding diaryl/α,β-unsaturated/α-hetero) is 1. The number of thioether (sulfide) groups is 1. The molecule has 13 heteroatoms. The molecule has 1 amide bonds. The zero-order valence-electron chi connectivity index (χ0n) is 19.1. The monoisotopic (exact) mass is 527 g/mol. The summed E-state index contributed by atoms with van der Waals surface area (Å²) in [6.45, 7) is 0. The zero-order valence-corrected chi connectivity index (χ0v) is 20.7. The first kappa shape index (κ1) is 26.9. The molecule has 35 heavy (non-hydrogen) atoms. The average molecular weight is 528 g/mol. The number of nitrogens with zero attached hydrogens (tertiary/aromatic N) is 1. The minimum Gasteiger partial charge on any atom is -0.480 e. The van der Waals surface area contributed by atoms with Gasteiger partial charge in [0.1, 0.15) is 17.6 Å². The molecule has 1 saturated heterocycles. The summed E-state index contributed by atoms with van der Waals surface area (Å²) in [7, 11) is -1.30. The van der Waals surface area contributed by atoms with Crippen molar-refractivity contribution in [3.05, 3.63) is 54.1 Å². The lowest BCUT2D eigenvalue weighted by Crippen LogP contribution is -2.50. The highest BCUT2D eigenvalue weighted by Crippen LogP contribution is 2.38. The molecule has 1 heterocycles. The van der Waals surface area contributed by atoms with Crippen LogP contribution < -0.4 is 10.0 Å². The first-order chi connectivity index (χ1) is 16.4. The second-order valence-electron chi connectivity index (χ2n) is 8.37. The highest BCUT2D eigenvalue weighted by Gasteiger charge is 2.45. The van der Waals surface area contributed by atoms with Gasteiger partial charge in [0.2, 0.25) is 10.0 Å². The topological polar surface area (TPSA) is 142 Å². The van der Waals surface area contributed by atoms with Gasteiger partial charge in [-0.15, -0.1) is 11.8 Å². The lowest BCUT2D eigenvalue weighted by Gasteiger charge is -2.35. The van der Waals surface area contributed by atoms with Gasteiger partial charge >= 0.3 is 12.1 Å². The minimum absolute atomic E-state index is 0.00325. The van der Waals surface area contributed by atoms with E-state index in [1.165, 1.54) is 49.0 Å². The Morgan fingerprint density at radius 3 is 2.51 bits per heavy atom. The second kappa shape index (κ2) is 10.9. The van der Waals surface area contributed by atoms with Crippen LogP contribution in [0.5, 0.6) is 0 Å². The first-order valence-corrected chi connectivity index (χ1v) is 13.2. The summed E-state index contributed by atoms with van der Waals surface area (Å²) in [6.07, 6.45) is 3.40. The highest BCUT2D eigenvalue weighted by atomic mass is 32.2. The van der Waals surface area contributed by atoms with Crippen LogP contribution in [0, 0.1) is 11.2 Å². The molecule has 0 spiro atoms. The normalized spacial score (nSPS) is 22.8. The van der Waals surface area contributed by atoms with Crippen LogP contribution >= 0.6 is 11.8 Å². The van der Waals surface area contributed by atoms with Crippen LogP contribution in [-0.2, 0) is 24.3 Å². The summed E-state index contributed by atoms with van der Waals surface area (Å²) < 4.78 is 46.1. The number of hydrogen-bond donors (Lipinski definition) is 3. The summed E-state index contributed by atoms with van der Waals surface area (Å²) in [6, 6.07) is 1.73. The fourth-order valence-corrected chi connectivity index (χ4v) is 5.82. The molecule has 1 aromatic rings. The molecule has 1 unspecified atom stereocenters. The molecule has 1 fully saturated rings. The smallest absolute Gasteiger partial charge is 0.414 e. The number of sulfonamides is 1. The summed E-state index contributed by atoms with van der Waals surface area (Å²) in [4.78, 5) is 38.4. The van der Waals surface area contributed by atoms with Crippen LogP contribution in [0.2, 0.25) is 0 Å². The maximum atomic E-state index is 13.5. The van der Waals surface area contributed by atoms with E-state index >= 15 is 0 Å². The standard InChI is InChI=1S/C22H26FN3O7S2/c1-26(2)21(30)33-15-7-9-22(10-8-15,19(27)18-12-34-13-24-18)11-17(20(28)29)25-35(31,32)16-5-3-14(23)4-6-16/h3-9,17-18,24-25H,10-13H2,1-2H3,(H,28,29)/t17-,18-,22?/m0/s1. The van der Waals surface area contributed by atoms with Gasteiger partial charge < -0.3 is 14.7 Å². The number of rotatable bonds is 9. The molecule has 3 rings (SSSR count). The third kappa shape index (κ3) is 6.48. The summed E-state index contributed by atoms with van der Waals surface area (Å²) in [5, 5.41) is 12.9. The predicted molar refractivity (Wildman–Crippen MR) is 126 cm³/mol. The van der Waals surface area contributed by atoms with Crippen LogP contribution in [0.25, 0.3) is 0 Å². The Morgan fingerprint density at radius 2 is 2.00 bits per heavy atom. The molecule has 10 nitrogen and oxygen atoms in total. The molecule has 190 valence electrons. The predicted octanol–water partition coefficient (Wildman–Crippen LogP) is 1.71. The Hall–Kier alpha value is -2.74. The van der Waals surface area contributed by atoms with Crippen LogP contribution in [0.4, 0.5) is 9.18 Å². The molecule has 1 aliphatic heterocycles. The molecule has 0 radical (unpaired) electrons. The van der Waals surface area contributed by atoms with E-state index in [0.29, 0.717) is 11.6 Å². The maximum Gasteiger partial charge on any atom is 0.414 e. The van der Waals surface area contributed by atoms with Gasteiger partial charge in [0, 0.05) is 25.7 Å². The average Bonchev–Trinajstić information content (AvgIpc) is 3.34. The van der Waals surface area contributed by atoms with E-state index in [4.69, 9.17) is 4.74 Å². The molecule has 1 aliphatic carbocycles. The van der Waals surface area contributed by atoms with Crippen molar-refractivity contribution < 1.29 is 37.0 Å². The van der Waals surface area contributed by atoms with Crippen molar-refractivity contribution in [2.75, 3.05) is 25.7 Å². The quantitative estimate of drug-likeness (QED) is 0.437. The first-order valence-electron chi connectivity index (χ1n) is 10.6. The molecule has 1 aromatic carbocycles. The maximum absolute atomic E-state index is 13.5. The molecule has 2 aliphatic rings. The van der Waals surface area contributed by atoms with Crippen molar-refractivity contribution in [1.82, 2.24) is 14.9 Å². The number of ether oxygens (including phenoxy) is 1. The number of aliphatic carboxylic acids is 1. The molecular weight excluding hydrogens is 501 g/mol. The van der Waals surface area contributed by atoms with Crippen molar-refractivity contribution in [2.24, 2.45) is 5.41 Å². The number of ketones is 1. The lowest BCUT2D eigenvalue weighted by molar-refractivity contribution is -0.140.